The summed E-state index contributed by atoms with van der Waals surface area (Å²) in [6, 6.07) is 14.6. The summed E-state index contributed by atoms with van der Waals surface area (Å²) in [7, 11) is 0. The van der Waals surface area contributed by atoms with Crippen molar-refractivity contribution in [2.75, 3.05) is 6.54 Å². The molecular weight excluding hydrogens is 433 g/mol. The quantitative estimate of drug-likeness (QED) is 0.315. The van der Waals surface area contributed by atoms with Gasteiger partial charge in [0.2, 0.25) is 0 Å². The fraction of sp³-hybridized carbons (Fsp3) is 0.292. The number of hydrogen-bond acceptors (Lipinski definition) is 3. The molecule has 0 amide bonds. The van der Waals surface area contributed by atoms with E-state index in [1.165, 1.54) is 16.8 Å². The molecule has 2 aromatic heterocycles. The number of nitrogens with zero attached hydrogens (tertiary/aromatic N) is 2. The number of nitrogens with one attached hydrogen (secondary N) is 1. The minimum Gasteiger partial charge on any atom is -0.311 e. The number of thiazole rings is 1. The molecule has 4 aromatic rings. The molecule has 2 heterocycles. The molecule has 6 heteroatoms. The normalized spacial score (nSPS) is 12.0. The van der Waals surface area contributed by atoms with E-state index in [0.29, 0.717) is 10.0 Å². The monoisotopic (exact) mass is 457 g/mol. The van der Waals surface area contributed by atoms with E-state index in [-0.39, 0.29) is 5.41 Å². The van der Waals surface area contributed by atoms with Crippen LogP contribution in [0.2, 0.25) is 10.0 Å². The zero-order valence-corrected chi connectivity index (χ0v) is 19.7. The Morgan fingerprint density at radius 2 is 1.80 bits per heavy atom. The highest BCUT2D eigenvalue weighted by atomic mass is 35.5. The number of fused-ring (bicyclic) bond motifs is 1. The molecule has 0 aliphatic carbocycles. The fourth-order valence-electron chi connectivity index (χ4n) is 3.50. The predicted octanol–water partition coefficient (Wildman–Crippen LogP) is 7.00. The summed E-state index contributed by atoms with van der Waals surface area (Å²) in [5, 5.41) is 6.84. The zero-order valence-electron chi connectivity index (χ0n) is 17.4. The molecule has 2 aromatic carbocycles. The Balaban J connectivity index is 1.51. The van der Waals surface area contributed by atoms with Gasteiger partial charge in [0.25, 0.3) is 0 Å². The second-order valence-electron chi connectivity index (χ2n) is 8.47. The van der Waals surface area contributed by atoms with Crippen LogP contribution in [0.15, 0.2) is 54.0 Å². The SMILES string of the molecule is CC(C)(C)c1ccc(-c2nc3sccn3c2CNCCc2ccc(Cl)c(Cl)c2)cc1. The molecule has 0 unspecified atom stereocenters. The van der Waals surface area contributed by atoms with E-state index >= 15 is 0 Å². The molecule has 4 rings (SSSR count). The summed E-state index contributed by atoms with van der Waals surface area (Å²) in [6.07, 6.45) is 2.98. The first-order valence-corrected chi connectivity index (χ1v) is 11.7. The number of hydrogen-bond donors (Lipinski definition) is 1. The zero-order chi connectivity index (χ0) is 21.3. The molecule has 30 heavy (non-hydrogen) atoms. The third kappa shape index (κ3) is 4.57. The van der Waals surface area contributed by atoms with Gasteiger partial charge in [-0.2, -0.15) is 0 Å². The van der Waals surface area contributed by atoms with Crippen molar-refractivity contribution < 1.29 is 0 Å². The Bertz CT molecular complexity index is 1150. The van der Waals surface area contributed by atoms with Crippen LogP contribution < -0.4 is 5.32 Å². The van der Waals surface area contributed by atoms with E-state index < -0.39 is 0 Å². The Kier molecular flexibility index (Phi) is 6.21. The van der Waals surface area contributed by atoms with Crippen LogP contribution in [-0.4, -0.2) is 15.9 Å². The third-order valence-corrected chi connectivity index (χ3v) is 6.75. The average molecular weight is 458 g/mol. The molecule has 3 nitrogen and oxygen atoms in total. The Hall–Kier alpha value is -1.85. The smallest absolute Gasteiger partial charge is 0.194 e. The van der Waals surface area contributed by atoms with Crippen LogP contribution >= 0.6 is 34.5 Å². The molecule has 0 bridgehead atoms. The van der Waals surface area contributed by atoms with Gasteiger partial charge in [-0.05, 0) is 41.6 Å². The highest BCUT2D eigenvalue weighted by Gasteiger charge is 2.17. The van der Waals surface area contributed by atoms with Gasteiger partial charge < -0.3 is 5.32 Å². The molecule has 0 aliphatic heterocycles. The van der Waals surface area contributed by atoms with Crippen molar-refractivity contribution in [2.45, 2.75) is 39.2 Å². The van der Waals surface area contributed by atoms with E-state index in [4.69, 9.17) is 28.2 Å². The molecule has 156 valence electrons. The van der Waals surface area contributed by atoms with Gasteiger partial charge in [0.15, 0.2) is 4.96 Å². The van der Waals surface area contributed by atoms with Crippen molar-refractivity contribution in [1.29, 1.82) is 0 Å². The van der Waals surface area contributed by atoms with Crippen LogP contribution in [0.3, 0.4) is 0 Å². The topological polar surface area (TPSA) is 29.3 Å². The summed E-state index contributed by atoms with van der Waals surface area (Å²) < 4.78 is 2.18. The Morgan fingerprint density at radius 1 is 1.03 bits per heavy atom. The van der Waals surface area contributed by atoms with Crippen molar-refractivity contribution in [1.82, 2.24) is 14.7 Å². The lowest BCUT2D eigenvalue weighted by Crippen LogP contribution is -2.18. The lowest BCUT2D eigenvalue weighted by molar-refractivity contribution is 0.590. The second-order valence-corrected chi connectivity index (χ2v) is 10.2. The van der Waals surface area contributed by atoms with Crippen molar-refractivity contribution in [2.24, 2.45) is 0 Å². The highest BCUT2D eigenvalue weighted by Crippen LogP contribution is 2.29. The highest BCUT2D eigenvalue weighted by molar-refractivity contribution is 7.15. The van der Waals surface area contributed by atoms with Gasteiger partial charge in [-0.3, -0.25) is 4.40 Å². The largest absolute Gasteiger partial charge is 0.311 e. The van der Waals surface area contributed by atoms with Crippen molar-refractivity contribution in [3.8, 4) is 11.3 Å². The first kappa shape index (κ1) is 21.4. The van der Waals surface area contributed by atoms with Crippen LogP contribution in [0, 0.1) is 0 Å². The van der Waals surface area contributed by atoms with Gasteiger partial charge >= 0.3 is 0 Å². The maximum atomic E-state index is 6.13. The average Bonchev–Trinajstić information content (AvgIpc) is 3.29. The Labute approximate surface area is 191 Å². The number of aromatic nitrogens is 2. The molecule has 0 aliphatic rings. The summed E-state index contributed by atoms with van der Waals surface area (Å²) in [5.74, 6) is 0. The molecule has 0 radical (unpaired) electrons. The number of rotatable bonds is 6. The lowest BCUT2D eigenvalue weighted by Gasteiger charge is -2.19. The third-order valence-electron chi connectivity index (χ3n) is 5.25. The van der Waals surface area contributed by atoms with Gasteiger partial charge in [0.1, 0.15) is 0 Å². The van der Waals surface area contributed by atoms with Gasteiger partial charge in [-0.1, -0.05) is 74.3 Å². The number of imidazole rings is 1. The molecular formula is C24H25Cl2N3S. The summed E-state index contributed by atoms with van der Waals surface area (Å²) in [4.78, 5) is 5.92. The van der Waals surface area contributed by atoms with E-state index in [1.54, 1.807) is 11.3 Å². The molecule has 1 N–H and O–H groups in total. The van der Waals surface area contributed by atoms with Crippen LogP contribution in [0.5, 0.6) is 0 Å². The van der Waals surface area contributed by atoms with Crippen molar-refractivity contribution in [3.05, 3.63) is 80.9 Å². The Morgan fingerprint density at radius 3 is 2.50 bits per heavy atom. The molecule has 0 saturated carbocycles. The van der Waals surface area contributed by atoms with Crippen molar-refractivity contribution in [3.63, 3.8) is 0 Å². The number of benzene rings is 2. The first-order chi connectivity index (χ1) is 14.3. The van der Waals surface area contributed by atoms with Crippen LogP contribution in [-0.2, 0) is 18.4 Å². The van der Waals surface area contributed by atoms with E-state index in [9.17, 15) is 0 Å². The summed E-state index contributed by atoms with van der Waals surface area (Å²) in [5.41, 5.74) is 6.02. The lowest BCUT2D eigenvalue weighted by atomic mass is 9.86. The van der Waals surface area contributed by atoms with Crippen LogP contribution in [0.25, 0.3) is 16.2 Å². The van der Waals surface area contributed by atoms with Crippen LogP contribution in [0.1, 0.15) is 37.6 Å². The fourth-order valence-corrected chi connectivity index (χ4v) is 4.55. The summed E-state index contributed by atoms with van der Waals surface area (Å²) >= 11 is 13.8. The van der Waals surface area contributed by atoms with E-state index in [2.05, 4.69) is 66.3 Å². The van der Waals surface area contributed by atoms with Gasteiger partial charge in [0.05, 0.1) is 21.4 Å². The molecule has 0 saturated heterocycles. The molecule has 0 atom stereocenters. The standard InChI is InChI=1S/C24H25Cl2N3S/c1-24(2,3)18-7-5-17(6-8-18)22-21(29-12-13-30-23(29)28-22)15-27-11-10-16-4-9-19(25)20(26)14-16/h4-9,12-14,27H,10-11,15H2,1-3H3. The predicted molar refractivity (Wildman–Crippen MR) is 129 cm³/mol. The molecule has 0 fully saturated rings. The number of halogens is 2. The maximum absolute atomic E-state index is 6.13. The van der Waals surface area contributed by atoms with Gasteiger partial charge in [-0.15, -0.1) is 11.3 Å². The van der Waals surface area contributed by atoms with Crippen LogP contribution in [0.4, 0.5) is 0 Å². The van der Waals surface area contributed by atoms with Gasteiger partial charge in [-0.25, -0.2) is 4.98 Å². The van der Waals surface area contributed by atoms with E-state index in [0.717, 1.165) is 35.7 Å². The molecule has 0 spiro atoms. The minimum absolute atomic E-state index is 0.141. The minimum atomic E-state index is 0.141. The maximum Gasteiger partial charge on any atom is 0.194 e. The summed E-state index contributed by atoms with van der Waals surface area (Å²) in [6.45, 7) is 8.29. The van der Waals surface area contributed by atoms with Crippen molar-refractivity contribution >= 4 is 39.5 Å². The van der Waals surface area contributed by atoms with E-state index in [1.807, 2.05) is 18.2 Å². The second kappa shape index (κ2) is 8.72. The van der Waals surface area contributed by atoms with Gasteiger partial charge in [0, 0.05) is 23.7 Å². The first-order valence-electron chi connectivity index (χ1n) is 10.0.